The van der Waals surface area contributed by atoms with Gasteiger partial charge in [0.15, 0.2) is 0 Å². The van der Waals surface area contributed by atoms with Crippen molar-refractivity contribution in [1.29, 1.82) is 0 Å². The highest BCUT2D eigenvalue weighted by molar-refractivity contribution is 5.27. The molecule has 0 bridgehead atoms. The predicted molar refractivity (Wildman–Crippen MR) is 114 cm³/mol. The van der Waals surface area contributed by atoms with Gasteiger partial charge in [-0.15, -0.1) is 0 Å². The van der Waals surface area contributed by atoms with Gasteiger partial charge in [-0.05, 0) is 53.8 Å². The Morgan fingerprint density at radius 2 is 1.70 bits per heavy atom. The molecule has 0 amide bonds. The van der Waals surface area contributed by atoms with Crippen molar-refractivity contribution in [1.82, 2.24) is 4.90 Å². The second-order valence-corrected chi connectivity index (χ2v) is 9.28. The van der Waals surface area contributed by atoms with Crippen molar-refractivity contribution in [3.05, 3.63) is 71.3 Å². The third kappa shape index (κ3) is 5.67. The monoisotopic (exact) mass is 365 g/mol. The Bertz CT molecular complexity index is 687. The summed E-state index contributed by atoms with van der Waals surface area (Å²) in [5, 5.41) is 9.79. The number of hydrogen-bond acceptors (Lipinski definition) is 2. The van der Waals surface area contributed by atoms with E-state index in [2.05, 4.69) is 80.3 Å². The average molecular weight is 366 g/mol. The summed E-state index contributed by atoms with van der Waals surface area (Å²) < 4.78 is 0. The first-order valence-electron chi connectivity index (χ1n) is 10.4. The lowest BCUT2D eigenvalue weighted by atomic mass is 9.77. The van der Waals surface area contributed by atoms with E-state index in [1.165, 1.54) is 42.6 Å². The van der Waals surface area contributed by atoms with Crippen LogP contribution in [0.4, 0.5) is 0 Å². The fourth-order valence-electron chi connectivity index (χ4n) is 4.40. The van der Waals surface area contributed by atoms with Crippen LogP contribution in [0.3, 0.4) is 0 Å². The second kappa shape index (κ2) is 9.03. The zero-order valence-electron chi connectivity index (χ0n) is 17.2. The van der Waals surface area contributed by atoms with Crippen LogP contribution in [0.15, 0.2) is 54.6 Å². The molecule has 27 heavy (non-hydrogen) atoms. The van der Waals surface area contributed by atoms with Gasteiger partial charge in [-0.2, -0.15) is 0 Å². The molecule has 0 aromatic heterocycles. The van der Waals surface area contributed by atoms with Crippen LogP contribution in [0.1, 0.15) is 56.2 Å². The number of aliphatic hydroxyl groups excluding tert-OH is 1. The summed E-state index contributed by atoms with van der Waals surface area (Å²) in [6.07, 6.45) is 3.78. The molecule has 1 heterocycles. The lowest BCUT2D eigenvalue weighted by Crippen LogP contribution is -2.35. The van der Waals surface area contributed by atoms with E-state index in [0.29, 0.717) is 0 Å². The van der Waals surface area contributed by atoms with E-state index in [1.54, 1.807) is 0 Å². The minimum Gasteiger partial charge on any atom is -0.396 e. The van der Waals surface area contributed by atoms with E-state index in [-0.39, 0.29) is 17.9 Å². The summed E-state index contributed by atoms with van der Waals surface area (Å²) in [5.74, 6) is 0.937. The topological polar surface area (TPSA) is 23.5 Å². The van der Waals surface area contributed by atoms with Crippen molar-refractivity contribution in [2.75, 3.05) is 19.7 Å². The number of rotatable bonds is 6. The Labute approximate surface area is 165 Å². The predicted octanol–water partition coefficient (Wildman–Crippen LogP) is 5.26. The fourth-order valence-corrected chi connectivity index (χ4v) is 4.40. The Hall–Kier alpha value is -1.64. The molecule has 0 saturated carbocycles. The maximum Gasteiger partial charge on any atom is 0.0504 e. The summed E-state index contributed by atoms with van der Waals surface area (Å²) in [6.45, 7) is 10.3. The molecule has 1 saturated heterocycles. The number of aliphatic hydroxyl groups is 1. The van der Waals surface area contributed by atoms with E-state index in [9.17, 15) is 5.11 Å². The number of nitrogens with zero attached hydrogens (tertiary/aromatic N) is 1. The zero-order chi connectivity index (χ0) is 19.3. The quantitative estimate of drug-likeness (QED) is 0.754. The minimum atomic E-state index is 0.0809. The molecule has 146 valence electrons. The summed E-state index contributed by atoms with van der Waals surface area (Å²) in [4.78, 5) is 2.61. The van der Waals surface area contributed by atoms with Crippen molar-refractivity contribution in [3.63, 3.8) is 0 Å². The van der Waals surface area contributed by atoms with E-state index in [0.717, 1.165) is 18.9 Å². The smallest absolute Gasteiger partial charge is 0.0504 e. The van der Waals surface area contributed by atoms with Gasteiger partial charge in [-0.1, -0.05) is 75.4 Å². The Morgan fingerprint density at radius 1 is 1.00 bits per heavy atom. The fraction of sp³-hybridized carbons (Fsp3) is 0.520. The Kier molecular flexibility index (Phi) is 6.73. The molecule has 3 rings (SSSR count). The highest BCUT2D eigenvalue weighted by Gasteiger charge is 2.25. The standard InChI is InChI=1S/C25H35NO/c1-25(2,3)24(19-27)23-13-11-20(12-14-23)16-22-10-7-15-26(18-22)17-21-8-5-4-6-9-21/h4-6,8-9,11-14,22,24,27H,7,10,15-19H2,1-3H3/t22-,24+/m0/s1. The molecule has 1 fully saturated rings. The molecule has 0 spiro atoms. The molecule has 2 nitrogen and oxygen atoms in total. The number of piperidine rings is 1. The van der Waals surface area contributed by atoms with Gasteiger partial charge in [0.05, 0.1) is 6.61 Å². The summed E-state index contributed by atoms with van der Waals surface area (Å²) in [6, 6.07) is 19.8. The van der Waals surface area contributed by atoms with Crippen LogP contribution in [0.2, 0.25) is 0 Å². The summed E-state index contributed by atoms with van der Waals surface area (Å²) in [7, 11) is 0. The van der Waals surface area contributed by atoms with E-state index >= 15 is 0 Å². The molecule has 1 aliphatic rings. The normalized spacial score (nSPS) is 19.8. The largest absolute Gasteiger partial charge is 0.396 e. The third-order valence-corrected chi connectivity index (χ3v) is 5.99. The lowest BCUT2D eigenvalue weighted by molar-refractivity contribution is 0.167. The van der Waals surface area contributed by atoms with Crippen molar-refractivity contribution < 1.29 is 5.11 Å². The van der Waals surface area contributed by atoms with Crippen LogP contribution in [0.5, 0.6) is 0 Å². The van der Waals surface area contributed by atoms with Gasteiger partial charge >= 0.3 is 0 Å². The molecule has 2 aromatic carbocycles. The van der Waals surface area contributed by atoms with Crippen molar-refractivity contribution in [2.45, 2.75) is 52.5 Å². The Morgan fingerprint density at radius 3 is 2.33 bits per heavy atom. The second-order valence-electron chi connectivity index (χ2n) is 9.28. The van der Waals surface area contributed by atoms with E-state index < -0.39 is 0 Å². The van der Waals surface area contributed by atoms with Crippen molar-refractivity contribution >= 4 is 0 Å². The molecule has 0 unspecified atom stereocenters. The minimum absolute atomic E-state index is 0.0809. The Balaban J connectivity index is 1.58. The highest BCUT2D eigenvalue weighted by atomic mass is 16.3. The summed E-state index contributed by atoms with van der Waals surface area (Å²) in [5.41, 5.74) is 4.18. The van der Waals surface area contributed by atoms with Crippen molar-refractivity contribution in [2.24, 2.45) is 11.3 Å². The molecule has 2 aromatic rings. The van der Waals surface area contributed by atoms with Crippen LogP contribution >= 0.6 is 0 Å². The first-order valence-corrected chi connectivity index (χ1v) is 10.4. The molecule has 0 radical (unpaired) electrons. The van der Waals surface area contributed by atoms with Gasteiger partial charge in [0.2, 0.25) is 0 Å². The molecule has 0 aliphatic carbocycles. The first kappa shape index (κ1) is 20.1. The number of hydrogen-bond donors (Lipinski definition) is 1. The van der Waals surface area contributed by atoms with Gasteiger partial charge in [0.1, 0.15) is 0 Å². The van der Waals surface area contributed by atoms with Gasteiger partial charge in [0.25, 0.3) is 0 Å². The molecular weight excluding hydrogens is 330 g/mol. The van der Waals surface area contributed by atoms with Crippen LogP contribution in [0, 0.1) is 11.3 Å². The van der Waals surface area contributed by atoms with Crippen molar-refractivity contribution in [3.8, 4) is 0 Å². The van der Waals surface area contributed by atoms with Gasteiger partial charge in [-0.3, -0.25) is 4.90 Å². The number of benzene rings is 2. The lowest BCUT2D eigenvalue weighted by Gasteiger charge is -2.33. The SMILES string of the molecule is CC(C)(C)[C@H](CO)c1ccc(C[C@@H]2CCCN(Cc3ccccc3)C2)cc1. The molecular formula is C25H35NO. The van der Waals surface area contributed by atoms with Crippen LogP contribution < -0.4 is 0 Å². The third-order valence-electron chi connectivity index (χ3n) is 5.99. The van der Waals surface area contributed by atoms with Gasteiger partial charge in [0, 0.05) is 19.0 Å². The van der Waals surface area contributed by atoms with Crippen LogP contribution in [-0.2, 0) is 13.0 Å². The molecule has 2 atom stereocenters. The highest BCUT2D eigenvalue weighted by Crippen LogP contribution is 2.34. The van der Waals surface area contributed by atoms with Crippen LogP contribution in [0.25, 0.3) is 0 Å². The molecule has 1 N–H and O–H groups in total. The van der Waals surface area contributed by atoms with Gasteiger partial charge in [-0.25, -0.2) is 0 Å². The molecule has 2 heteroatoms. The first-order chi connectivity index (χ1) is 13.0. The summed E-state index contributed by atoms with van der Waals surface area (Å²) >= 11 is 0. The van der Waals surface area contributed by atoms with Gasteiger partial charge < -0.3 is 5.11 Å². The van der Waals surface area contributed by atoms with E-state index in [1.807, 2.05) is 0 Å². The van der Waals surface area contributed by atoms with E-state index in [4.69, 9.17) is 0 Å². The average Bonchev–Trinajstić information content (AvgIpc) is 2.64. The maximum atomic E-state index is 9.79. The van der Waals surface area contributed by atoms with Crippen LogP contribution in [-0.4, -0.2) is 29.7 Å². The zero-order valence-corrected chi connectivity index (χ0v) is 17.2. The maximum absolute atomic E-state index is 9.79. The number of likely N-dealkylation sites (tertiary alicyclic amines) is 1. The molecule has 1 aliphatic heterocycles.